The number of hydrogen-bond donors (Lipinski definition) is 0. The van der Waals surface area contributed by atoms with Crippen LogP contribution in [0.2, 0.25) is 0 Å². The minimum Gasteiger partial charge on any atom is -0.345 e. The van der Waals surface area contributed by atoms with E-state index in [4.69, 9.17) is 9.07 Å². The summed E-state index contributed by atoms with van der Waals surface area (Å²) in [6.45, 7) is 2.25. The standard InChI is InChI=1S/C12H17.ClH.Mg/c1-3-4-5-9-12-10-7-6-8-11(12)2;;/h6-8,10H,2-5,9H2,1H3;1H;/q;;+1/p-1. The molecule has 1 rings (SSSR count). The largest absolute Gasteiger partial charge is 0.505 e. The van der Waals surface area contributed by atoms with E-state index in [0.29, 0.717) is 0 Å². The van der Waals surface area contributed by atoms with Gasteiger partial charge in [0.25, 0.3) is 0 Å². The zero-order valence-electron chi connectivity index (χ0n) is 8.93. The average molecular weight is 221 g/mol. The summed E-state index contributed by atoms with van der Waals surface area (Å²) in [5.74, 6) is 0. The van der Waals surface area contributed by atoms with E-state index in [0.717, 1.165) is 4.55 Å². The first-order chi connectivity index (χ1) is 6.88. The summed E-state index contributed by atoms with van der Waals surface area (Å²) in [5.41, 5.74) is 3.01. The van der Waals surface area contributed by atoms with Gasteiger partial charge < -0.3 is 9.07 Å². The summed E-state index contributed by atoms with van der Waals surface area (Å²) in [6.07, 6.45) is 5.19. The van der Waals surface area contributed by atoms with E-state index in [1.165, 1.54) is 36.8 Å². The quantitative estimate of drug-likeness (QED) is 0.506. The molecule has 0 aliphatic carbocycles. The van der Waals surface area contributed by atoms with Gasteiger partial charge in [0.05, 0.1) is 0 Å². The van der Waals surface area contributed by atoms with Crippen LogP contribution in [0.25, 0.3) is 0 Å². The Morgan fingerprint density at radius 2 is 1.86 bits per heavy atom. The Bertz CT molecular complexity index is 260. The lowest BCUT2D eigenvalue weighted by Crippen LogP contribution is -1.96. The molecule has 1 aromatic carbocycles. The lowest BCUT2D eigenvalue weighted by Gasteiger charge is -2.07. The number of benzene rings is 1. The van der Waals surface area contributed by atoms with E-state index in [1.54, 1.807) is 0 Å². The number of aryl methyl sites for hydroxylation is 1. The number of rotatable bonds is 6. The van der Waals surface area contributed by atoms with Crippen LogP contribution < -0.4 is 0 Å². The van der Waals surface area contributed by atoms with Gasteiger partial charge in [0.2, 0.25) is 0 Å². The van der Waals surface area contributed by atoms with Crippen molar-refractivity contribution in [2.75, 3.05) is 0 Å². The van der Waals surface area contributed by atoms with Gasteiger partial charge in [-0.25, -0.2) is 0 Å². The van der Waals surface area contributed by atoms with E-state index in [2.05, 4.69) is 31.2 Å². The Hall–Kier alpha value is 0.276. The maximum absolute atomic E-state index is 5.91. The Kier molecular flexibility index (Phi) is 6.66. The van der Waals surface area contributed by atoms with Crippen molar-refractivity contribution < 1.29 is 0 Å². The molecule has 0 bridgehead atoms. The summed E-state index contributed by atoms with van der Waals surface area (Å²) < 4.78 is 1.14. The molecule has 0 N–H and O–H groups in total. The third-order valence-electron chi connectivity index (χ3n) is 2.53. The molecule has 0 unspecified atom stereocenters. The van der Waals surface area contributed by atoms with Crippen molar-refractivity contribution in [1.29, 1.82) is 0 Å². The highest BCUT2D eigenvalue weighted by Crippen LogP contribution is 2.13. The van der Waals surface area contributed by atoms with Crippen LogP contribution in [0.4, 0.5) is 0 Å². The van der Waals surface area contributed by atoms with Crippen LogP contribution in [0.3, 0.4) is 0 Å². The topological polar surface area (TPSA) is 0 Å². The van der Waals surface area contributed by atoms with Gasteiger partial charge in [0, 0.05) is 0 Å². The second-order valence-corrected chi connectivity index (χ2v) is 5.68. The first-order valence-electron chi connectivity index (χ1n) is 5.51. The molecule has 0 saturated carbocycles. The lowest BCUT2D eigenvalue weighted by atomic mass is 10.0. The van der Waals surface area contributed by atoms with Crippen molar-refractivity contribution in [2.45, 2.75) is 37.2 Å². The molecule has 0 aliphatic heterocycles. The molecule has 74 valence electrons. The highest BCUT2D eigenvalue weighted by molar-refractivity contribution is 6.93. The molecule has 1 aromatic rings. The monoisotopic (exact) mass is 220 g/mol. The molecule has 0 heterocycles. The Balaban J connectivity index is 2.55. The smallest absolute Gasteiger partial charge is 0.345 e. The van der Waals surface area contributed by atoms with Crippen LogP contribution in [0.1, 0.15) is 37.3 Å². The van der Waals surface area contributed by atoms with Crippen molar-refractivity contribution in [2.24, 2.45) is 0 Å². The van der Waals surface area contributed by atoms with Gasteiger partial charge in [-0.2, -0.15) is 0 Å². The van der Waals surface area contributed by atoms with Gasteiger partial charge in [-0.3, -0.25) is 0 Å². The lowest BCUT2D eigenvalue weighted by molar-refractivity contribution is 0.715. The molecule has 0 nitrogen and oxygen atoms in total. The van der Waals surface area contributed by atoms with E-state index in [1.807, 2.05) is 0 Å². The van der Waals surface area contributed by atoms with Crippen molar-refractivity contribution in [3.05, 3.63) is 35.4 Å². The van der Waals surface area contributed by atoms with Crippen LogP contribution in [0.5, 0.6) is 0 Å². The first kappa shape index (κ1) is 12.3. The molecule has 0 atom stereocenters. The average Bonchev–Trinajstić information content (AvgIpc) is 2.21. The van der Waals surface area contributed by atoms with Gasteiger partial charge in [-0.05, 0) is 18.4 Å². The second-order valence-electron chi connectivity index (χ2n) is 3.66. The van der Waals surface area contributed by atoms with Gasteiger partial charge in [-0.1, -0.05) is 54.1 Å². The second kappa shape index (κ2) is 7.55. The first-order valence-corrected chi connectivity index (χ1v) is 8.65. The molecule has 14 heavy (non-hydrogen) atoms. The fourth-order valence-electron chi connectivity index (χ4n) is 1.71. The van der Waals surface area contributed by atoms with E-state index < -0.39 is 0 Å². The van der Waals surface area contributed by atoms with Crippen LogP contribution >= 0.6 is 9.07 Å². The number of hydrogen-bond acceptors (Lipinski definition) is 0. The molecular weight excluding hydrogens is 204 g/mol. The summed E-state index contributed by atoms with van der Waals surface area (Å²) in [7, 11) is 5.91. The van der Waals surface area contributed by atoms with Gasteiger partial charge in [0.15, 0.2) is 0 Å². The fourth-order valence-corrected chi connectivity index (χ4v) is 3.01. The minimum atomic E-state index is -0.362. The number of halogens is 1. The zero-order valence-corrected chi connectivity index (χ0v) is 11.1. The van der Waals surface area contributed by atoms with Crippen molar-refractivity contribution in [1.82, 2.24) is 0 Å². The Morgan fingerprint density at radius 1 is 1.14 bits per heavy atom. The summed E-state index contributed by atoms with van der Waals surface area (Å²) in [5, 5.41) is 0. The predicted octanol–water partition coefficient (Wildman–Crippen LogP) is 3.78. The van der Waals surface area contributed by atoms with E-state index >= 15 is 0 Å². The maximum atomic E-state index is 5.91. The molecular formula is C12H17ClMg. The SMILES string of the molecule is CCCCCc1ccccc1[CH2][Mg][Cl]. The normalized spacial score (nSPS) is 9.86. The van der Waals surface area contributed by atoms with E-state index in [9.17, 15) is 0 Å². The highest BCUT2D eigenvalue weighted by Gasteiger charge is 2.01. The molecule has 0 radical (unpaired) electrons. The molecule has 0 aromatic heterocycles. The van der Waals surface area contributed by atoms with Crippen LogP contribution in [0.15, 0.2) is 24.3 Å². The van der Waals surface area contributed by atoms with Crippen LogP contribution in [-0.4, -0.2) is 19.3 Å². The fraction of sp³-hybridized carbons (Fsp3) is 0.500. The van der Waals surface area contributed by atoms with Gasteiger partial charge >= 0.3 is 19.3 Å². The molecule has 0 saturated heterocycles. The third-order valence-corrected chi connectivity index (χ3v) is 3.83. The summed E-state index contributed by atoms with van der Waals surface area (Å²) in [6, 6.07) is 8.75. The van der Waals surface area contributed by atoms with Gasteiger partial charge in [0.1, 0.15) is 0 Å². The Labute approximate surface area is 101 Å². The molecule has 0 fully saturated rings. The number of unbranched alkanes of at least 4 members (excludes halogenated alkanes) is 2. The van der Waals surface area contributed by atoms with Crippen LogP contribution in [0, 0.1) is 0 Å². The van der Waals surface area contributed by atoms with Crippen molar-refractivity contribution >= 4 is 28.3 Å². The summed E-state index contributed by atoms with van der Waals surface area (Å²) >= 11 is -0.362. The van der Waals surface area contributed by atoms with Crippen molar-refractivity contribution in [3.8, 4) is 0 Å². The molecule has 0 amide bonds. The molecule has 2 heteroatoms. The predicted molar refractivity (Wildman–Crippen MR) is 65.0 cm³/mol. The zero-order chi connectivity index (χ0) is 10.2. The summed E-state index contributed by atoms with van der Waals surface area (Å²) in [4.78, 5) is 0. The minimum absolute atomic E-state index is 0.362. The van der Waals surface area contributed by atoms with Crippen molar-refractivity contribution in [3.63, 3.8) is 0 Å². The Morgan fingerprint density at radius 3 is 2.50 bits per heavy atom. The van der Waals surface area contributed by atoms with Gasteiger partial charge in [-0.15, -0.1) is 0 Å². The molecule has 0 spiro atoms. The third kappa shape index (κ3) is 4.20. The van der Waals surface area contributed by atoms with Crippen LogP contribution in [-0.2, 0) is 11.0 Å². The highest BCUT2D eigenvalue weighted by atomic mass is 35.5. The molecule has 0 aliphatic rings. The maximum Gasteiger partial charge on any atom is 0.505 e. The van der Waals surface area contributed by atoms with E-state index in [-0.39, 0.29) is 19.3 Å².